The normalized spacial score (nSPS) is 24.0. The molecule has 0 radical (unpaired) electrons. The van der Waals surface area contributed by atoms with E-state index in [9.17, 15) is 0 Å². The van der Waals surface area contributed by atoms with E-state index in [0.717, 1.165) is 12.0 Å². The van der Waals surface area contributed by atoms with Crippen LogP contribution in [0.15, 0.2) is 34.9 Å². The molecular formula is C21H30BrN. The van der Waals surface area contributed by atoms with Crippen LogP contribution in [0.1, 0.15) is 70.3 Å². The van der Waals surface area contributed by atoms with Crippen molar-refractivity contribution in [3.63, 3.8) is 0 Å². The van der Waals surface area contributed by atoms with E-state index in [4.69, 9.17) is 0 Å². The quantitative estimate of drug-likeness (QED) is 0.570. The molecule has 2 heteroatoms. The second kappa shape index (κ2) is 8.37. The van der Waals surface area contributed by atoms with Crippen LogP contribution < -0.4 is 0 Å². The van der Waals surface area contributed by atoms with Gasteiger partial charge in [-0.15, -0.1) is 0 Å². The number of nitrogens with zero attached hydrogens (tertiary/aromatic N) is 1. The van der Waals surface area contributed by atoms with Gasteiger partial charge in [0.05, 0.1) is 0 Å². The third-order valence-corrected chi connectivity index (χ3v) is 6.14. The lowest BCUT2D eigenvalue weighted by molar-refractivity contribution is 0.166. The van der Waals surface area contributed by atoms with Crippen LogP contribution in [-0.4, -0.2) is 17.5 Å². The molecule has 1 aromatic carbocycles. The van der Waals surface area contributed by atoms with Crippen molar-refractivity contribution in [1.29, 1.82) is 0 Å². The molecule has 1 atom stereocenters. The molecule has 2 fully saturated rings. The van der Waals surface area contributed by atoms with E-state index in [0.29, 0.717) is 0 Å². The van der Waals surface area contributed by atoms with E-state index >= 15 is 0 Å². The van der Waals surface area contributed by atoms with Crippen LogP contribution in [0.2, 0.25) is 0 Å². The van der Waals surface area contributed by atoms with Crippen molar-refractivity contribution < 1.29 is 0 Å². The van der Waals surface area contributed by atoms with Crippen molar-refractivity contribution in [2.75, 3.05) is 6.54 Å². The number of rotatable bonds is 4. The maximum atomic E-state index is 3.59. The summed E-state index contributed by atoms with van der Waals surface area (Å²) in [7, 11) is 0. The molecule has 1 aliphatic heterocycles. The highest BCUT2D eigenvalue weighted by molar-refractivity contribution is 9.10. The molecule has 1 nitrogen and oxygen atoms in total. The van der Waals surface area contributed by atoms with Crippen LogP contribution in [0.3, 0.4) is 0 Å². The Morgan fingerprint density at radius 2 is 1.91 bits per heavy atom. The highest BCUT2D eigenvalue weighted by Gasteiger charge is 2.24. The average Bonchev–Trinajstić information content (AvgIpc) is 2.57. The zero-order valence-electron chi connectivity index (χ0n) is 14.4. The summed E-state index contributed by atoms with van der Waals surface area (Å²) in [4.78, 5) is 2.66. The minimum absolute atomic E-state index is 0.772. The lowest BCUT2D eigenvalue weighted by atomic mass is 9.82. The average molecular weight is 376 g/mol. The van der Waals surface area contributed by atoms with Gasteiger partial charge in [0.15, 0.2) is 0 Å². The molecule has 2 aliphatic rings. The molecule has 0 aromatic heterocycles. The lowest BCUT2D eigenvalue weighted by Crippen LogP contribution is -2.37. The van der Waals surface area contributed by atoms with Gasteiger partial charge < -0.3 is 4.90 Å². The van der Waals surface area contributed by atoms with E-state index in [-0.39, 0.29) is 0 Å². The number of hydrogen-bond acceptors (Lipinski definition) is 1. The highest BCUT2D eigenvalue weighted by atomic mass is 79.9. The molecule has 1 aliphatic carbocycles. The molecule has 23 heavy (non-hydrogen) atoms. The summed E-state index contributed by atoms with van der Waals surface area (Å²) in [5.41, 5.74) is 2.73. The van der Waals surface area contributed by atoms with Gasteiger partial charge in [0, 0.05) is 23.3 Å². The monoisotopic (exact) mass is 375 g/mol. The molecule has 0 N–H and O–H groups in total. The third-order valence-electron chi connectivity index (χ3n) is 5.64. The summed E-state index contributed by atoms with van der Waals surface area (Å²) in [6, 6.07) is 9.45. The predicted octanol–water partition coefficient (Wildman–Crippen LogP) is 6.63. The molecule has 126 valence electrons. The molecule has 1 saturated heterocycles. The second-order valence-corrected chi connectivity index (χ2v) is 8.37. The van der Waals surface area contributed by atoms with Gasteiger partial charge in [-0.2, -0.15) is 0 Å². The van der Waals surface area contributed by atoms with E-state index in [2.05, 4.69) is 58.2 Å². The van der Waals surface area contributed by atoms with Crippen LogP contribution in [-0.2, 0) is 0 Å². The first-order valence-corrected chi connectivity index (χ1v) is 10.2. The van der Waals surface area contributed by atoms with Gasteiger partial charge in [0.2, 0.25) is 0 Å². The third kappa shape index (κ3) is 4.86. The van der Waals surface area contributed by atoms with Crippen molar-refractivity contribution >= 4 is 21.5 Å². The van der Waals surface area contributed by atoms with Crippen molar-refractivity contribution in [3.05, 3.63) is 40.5 Å². The predicted molar refractivity (Wildman–Crippen MR) is 103 cm³/mol. The Balaban J connectivity index is 1.68. The zero-order chi connectivity index (χ0) is 16.1. The molecule has 1 heterocycles. The molecule has 1 aromatic rings. The first-order chi connectivity index (χ1) is 11.2. The summed E-state index contributed by atoms with van der Waals surface area (Å²) in [6.45, 7) is 3.50. The van der Waals surface area contributed by atoms with Crippen LogP contribution >= 0.6 is 15.9 Å². The van der Waals surface area contributed by atoms with Gasteiger partial charge >= 0.3 is 0 Å². The highest BCUT2D eigenvalue weighted by Crippen LogP contribution is 2.32. The Bertz CT molecular complexity index is 530. The van der Waals surface area contributed by atoms with E-state index in [1.54, 1.807) is 0 Å². The van der Waals surface area contributed by atoms with E-state index in [1.165, 1.54) is 79.9 Å². The van der Waals surface area contributed by atoms with Gasteiger partial charge in [0.25, 0.3) is 0 Å². The number of halogens is 1. The van der Waals surface area contributed by atoms with Crippen molar-refractivity contribution in [2.24, 2.45) is 5.92 Å². The molecule has 1 saturated carbocycles. The van der Waals surface area contributed by atoms with Crippen molar-refractivity contribution in [1.82, 2.24) is 4.90 Å². The first-order valence-electron chi connectivity index (χ1n) is 9.42. The number of likely N-dealkylation sites (tertiary alicyclic amines) is 1. The van der Waals surface area contributed by atoms with Gasteiger partial charge in [-0.25, -0.2) is 0 Å². The Hall–Kier alpha value is -0.760. The van der Waals surface area contributed by atoms with E-state index in [1.807, 2.05) is 0 Å². The SMILES string of the molecule is CC(=CN1CCCCC1CC1CCCCC1)c1cccc(Br)c1. The van der Waals surface area contributed by atoms with Crippen LogP contribution in [0.25, 0.3) is 5.57 Å². The lowest BCUT2D eigenvalue weighted by Gasteiger charge is -2.38. The Morgan fingerprint density at radius 1 is 1.13 bits per heavy atom. The fourth-order valence-corrected chi connectivity index (χ4v) is 4.71. The largest absolute Gasteiger partial charge is 0.374 e. The van der Waals surface area contributed by atoms with Crippen molar-refractivity contribution in [2.45, 2.75) is 70.8 Å². The van der Waals surface area contributed by atoms with Crippen LogP contribution in [0, 0.1) is 5.92 Å². The number of piperidine rings is 1. The smallest absolute Gasteiger partial charge is 0.0287 e. The van der Waals surface area contributed by atoms with Gasteiger partial charge in [0.1, 0.15) is 0 Å². The van der Waals surface area contributed by atoms with Crippen LogP contribution in [0.4, 0.5) is 0 Å². The summed E-state index contributed by atoms with van der Waals surface area (Å²) in [6.07, 6.45) is 15.3. The summed E-state index contributed by atoms with van der Waals surface area (Å²) >= 11 is 3.59. The van der Waals surface area contributed by atoms with Gasteiger partial charge in [-0.05, 0) is 61.8 Å². The molecule has 0 spiro atoms. The van der Waals surface area contributed by atoms with Crippen LogP contribution in [0.5, 0.6) is 0 Å². The minimum atomic E-state index is 0.772. The summed E-state index contributed by atoms with van der Waals surface area (Å²) in [5.74, 6) is 0.980. The van der Waals surface area contributed by atoms with Gasteiger partial charge in [-0.3, -0.25) is 0 Å². The maximum Gasteiger partial charge on any atom is 0.0287 e. The molecule has 0 amide bonds. The molecule has 3 rings (SSSR count). The zero-order valence-corrected chi connectivity index (χ0v) is 16.0. The Kier molecular flexibility index (Phi) is 6.21. The van der Waals surface area contributed by atoms with E-state index < -0.39 is 0 Å². The summed E-state index contributed by atoms with van der Waals surface area (Å²) < 4.78 is 1.17. The minimum Gasteiger partial charge on any atom is -0.374 e. The topological polar surface area (TPSA) is 3.24 Å². The second-order valence-electron chi connectivity index (χ2n) is 7.45. The standard InChI is InChI=1S/C21H30BrN/c1-17(19-10-7-11-20(22)15-19)16-23-13-6-5-12-21(23)14-18-8-3-2-4-9-18/h7,10-11,15-16,18,21H,2-6,8-9,12-14H2,1H3. The first kappa shape index (κ1) is 17.1. The fraction of sp³-hybridized carbons (Fsp3) is 0.619. The molecular weight excluding hydrogens is 346 g/mol. The van der Waals surface area contributed by atoms with Crippen molar-refractivity contribution in [3.8, 4) is 0 Å². The summed E-state index contributed by atoms with van der Waals surface area (Å²) in [5, 5.41) is 0. The Labute approximate surface area is 150 Å². The fourth-order valence-electron chi connectivity index (χ4n) is 4.31. The molecule has 1 unspecified atom stereocenters. The number of allylic oxidation sites excluding steroid dienone is 1. The number of benzene rings is 1. The molecule has 0 bridgehead atoms. The number of hydrogen-bond donors (Lipinski definition) is 0. The maximum absolute atomic E-state index is 3.59. The Morgan fingerprint density at radius 3 is 2.70 bits per heavy atom. The van der Waals surface area contributed by atoms with Gasteiger partial charge in [-0.1, -0.05) is 60.2 Å².